The Kier molecular flexibility index (Phi) is 5.68. The SMILES string of the molecule is CC(C)(C)OC(=O)N1CCC(CS(=O)(=O)c2cc(C#N)ccn2)CC1. The largest absolute Gasteiger partial charge is 0.444 e. The summed E-state index contributed by atoms with van der Waals surface area (Å²) in [4.78, 5) is 17.5. The first-order chi connectivity index (χ1) is 11.6. The van der Waals surface area contributed by atoms with E-state index in [1.54, 1.807) is 4.90 Å². The number of aromatic nitrogens is 1. The standard InChI is InChI=1S/C17H23N3O4S/c1-17(2,3)24-16(21)20-8-5-13(6-9-20)12-25(22,23)15-10-14(11-18)4-7-19-15/h4,7,10,13H,5-6,8-9,12H2,1-3H3. The fraction of sp³-hybridized carbons (Fsp3) is 0.588. The Labute approximate surface area is 148 Å². The summed E-state index contributed by atoms with van der Waals surface area (Å²) in [5.41, 5.74) is -0.275. The van der Waals surface area contributed by atoms with Crippen LogP contribution in [0.15, 0.2) is 23.4 Å². The summed E-state index contributed by atoms with van der Waals surface area (Å²) in [6.45, 7) is 6.38. The van der Waals surface area contributed by atoms with Crippen LogP contribution in [0.3, 0.4) is 0 Å². The van der Waals surface area contributed by atoms with Crippen LogP contribution in [0.25, 0.3) is 0 Å². The number of carbonyl (C=O) groups excluding carboxylic acids is 1. The maximum absolute atomic E-state index is 12.5. The number of nitrogens with zero attached hydrogens (tertiary/aromatic N) is 3. The lowest BCUT2D eigenvalue weighted by Gasteiger charge is -2.33. The van der Waals surface area contributed by atoms with Crippen molar-refractivity contribution in [3.63, 3.8) is 0 Å². The molecule has 2 rings (SSSR count). The number of likely N-dealkylation sites (tertiary alicyclic amines) is 1. The van der Waals surface area contributed by atoms with Gasteiger partial charge in [-0.2, -0.15) is 5.26 Å². The molecule has 1 aromatic heterocycles. The van der Waals surface area contributed by atoms with E-state index in [1.165, 1.54) is 18.3 Å². The van der Waals surface area contributed by atoms with E-state index in [0.717, 1.165) is 0 Å². The second kappa shape index (κ2) is 7.40. The fourth-order valence-corrected chi connectivity index (χ4v) is 4.31. The molecule has 1 aliphatic heterocycles. The first kappa shape index (κ1) is 19.2. The molecule has 1 aromatic rings. The van der Waals surface area contributed by atoms with Crippen molar-refractivity contribution >= 4 is 15.9 Å². The van der Waals surface area contributed by atoms with Crippen molar-refractivity contribution in [2.24, 2.45) is 5.92 Å². The number of piperidine rings is 1. The van der Waals surface area contributed by atoms with Crippen molar-refractivity contribution in [1.29, 1.82) is 5.26 Å². The zero-order chi connectivity index (χ0) is 18.7. The summed E-state index contributed by atoms with van der Waals surface area (Å²) in [5, 5.41) is 8.82. The average Bonchev–Trinajstić information content (AvgIpc) is 2.53. The van der Waals surface area contributed by atoms with Crippen LogP contribution in [0.5, 0.6) is 0 Å². The van der Waals surface area contributed by atoms with Crippen molar-refractivity contribution in [2.75, 3.05) is 18.8 Å². The highest BCUT2D eigenvalue weighted by Gasteiger charge is 2.30. The zero-order valence-corrected chi connectivity index (χ0v) is 15.5. The maximum atomic E-state index is 12.5. The van der Waals surface area contributed by atoms with Gasteiger partial charge in [0.25, 0.3) is 0 Å². The number of carbonyl (C=O) groups is 1. The van der Waals surface area contributed by atoms with Gasteiger partial charge < -0.3 is 9.64 Å². The molecule has 0 radical (unpaired) electrons. The molecule has 0 saturated carbocycles. The molecule has 0 spiro atoms. The topological polar surface area (TPSA) is 100 Å². The molecule has 0 atom stereocenters. The van der Waals surface area contributed by atoms with Gasteiger partial charge in [0.2, 0.25) is 0 Å². The average molecular weight is 365 g/mol. The third kappa shape index (κ3) is 5.43. The third-order valence-electron chi connectivity index (χ3n) is 3.90. The van der Waals surface area contributed by atoms with Crippen LogP contribution in [0, 0.1) is 17.2 Å². The van der Waals surface area contributed by atoms with Gasteiger partial charge in [-0.05, 0) is 51.7 Å². The van der Waals surface area contributed by atoms with Gasteiger partial charge in [0.05, 0.1) is 17.4 Å². The zero-order valence-electron chi connectivity index (χ0n) is 14.7. The van der Waals surface area contributed by atoms with Crippen LogP contribution in [0.2, 0.25) is 0 Å². The van der Waals surface area contributed by atoms with Crippen LogP contribution in [0.1, 0.15) is 39.2 Å². The number of ether oxygens (including phenoxy) is 1. The van der Waals surface area contributed by atoms with Gasteiger partial charge in [-0.1, -0.05) is 0 Å². The summed E-state index contributed by atoms with van der Waals surface area (Å²) >= 11 is 0. The monoisotopic (exact) mass is 365 g/mol. The Bertz CT molecular complexity index is 770. The highest BCUT2D eigenvalue weighted by molar-refractivity contribution is 7.91. The van der Waals surface area contributed by atoms with Crippen LogP contribution in [0.4, 0.5) is 4.79 Å². The summed E-state index contributed by atoms with van der Waals surface area (Å²) in [7, 11) is -3.56. The van der Waals surface area contributed by atoms with Crippen molar-refractivity contribution in [3.05, 3.63) is 23.9 Å². The number of nitriles is 1. The first-order valence-electron chi connectivity index (χ1n) is 8.17. The number of hydrogen-bond donors (Lipinski definition) is 0. The molecule has 7 nitrogen and oxygen atoms in total. The lowest BCUT2D eigenvalue weighted by atomic mass is 9.99. The lowest BCUT2D eigenvalue weighted by molar-refractivity contribution is 0.0191. The maximum Gasteiger partial charge on any atom is 0.410 e. The third-order valence-corrected chi connectivity index (χ3v) is 5.67. The molecule has 1 fully saturated rings. The molecule has 25 heavy (non-hydrogen) atoms. The van der Waals surface area contributed by atoms with Gasteiger partial charge in [-0.3, -0.25) is 0 Å². The Balaban J connectivity index is 1.95. The van der Waals surface area contributed by atoms with Gasteiger partial charge in [-0.15, -0.1) is 0 Å². The molecule has 8 heteroatoms. The molecule has 0 N–H and O–H groups in total. The van der Waals surface area contributed by atoms with Gasteiger partial charge in [-0.25, -0.2) is 18.2 Å². The van der Waals surface area contributed by atoms with Gasteiger partial charge >= 0.3 is 6.09 Å². The number of rotatable bonds is 3. The predicted molar refractivity (Wildman–Crippen MR) is 91.5 cm³/mol. The minimum atomic E-state index is -3.56. The lowest BCUT2D eigenvalue weighted by Crippen LogP contribution is -2.42. The Morgan fingerprint density at radius 2 is 2.04 bits per heavy atom. The van der Waals surface area contributed by atoms with E-state index in [-0.39, 0.29) is 28.4 Å². The summed E-state index contributed by atoms with van der Waals surface area (Å²) in [5.74, 6) is -0.0759. The minimum Gasteiger partial charge on any atom is -0.444 e. The summed E-state index contributed by atoms with van der Waals surface area (Å²) in [6, 6.07) is 4.68. The second-order valence-corrected chi connectivity index (χ2v) is 9.17. The van der Waals surface area contributed by atoms with E-state index in [9.17, 15) is 13.2 Å². The number of hydrogen-bond acceptors (Lipinski definition) is 6. The molecule has 136 valence electrons. The molecule has 0 aromatic carbocycles. The van der Waals surface area contributed by atoms with Crippen molar-refractivity contribution in [1.82, 2.24) is 9.88 Å². The highest BCUT2D eigenvalue weighted by atomic mass is 32.2. The quantitative estimate of drug-likeness (QED) is 0.815. The van der Waals surface area contributed by atoms with E-state index in [1.807, 2.05) is 26.8 Å². The van der Waals surface area contributed by atoms with Crippen LogP contribution < -0.4 is 0 Å². The highest BCUT2D eigenvalue weighted by Crippen LogP contribution is 2.23. The van der Waals surface area contributed by atoms with Gasteiger partial charge in [0.15, 0.2) is 14.9 Å². The van der Waals surface area contributed by atoms with E-state index in [0.29, 0.717) is 25.9 Å². The van der Waals surface area contributed by atoms with E-state index < -0.39 is 15.4 Å². The van der Waals surface area contributed by atoms with Crippen molar-refractivity contribution in [3.8, 4) is 6.07 Å². The Morgan fingerprint density at radius 1 is 1.40 bits per heavy atom. The molecular weight excluding hydrogens is 342 g/mol. The minimum absolute atomic E-state index is 0.0307. The van der Waals surface area contributed by atoms with Crippen molar-refractivity contribution in [2.45, 2.75) is 44.2 Å². The van der Waals surface area contributed by atoms with Gasteiger partial charge in [0, 0.05) is 19.3 Å². The van der Waals surface area contributed by atoms with Crippen molar-refractivity contribution < 1.29 is 17.9 Å². The van der Waals surface area contributed by atoms with E-state index in [4.69, 9.17) is 10.00 Å². The molecule has 1 amide bonds. The normalized spacial score (nSPS) is 16.3. The molecular formula is C17H23N3O4S. The molecule has 2 heterocycles. The van der Waals surface area contributed by atoms with E-state index in [2.05, 4.69) is 4.98 Å². The summed E-state index contributed by atoms with van der Waals surface area (Å²) < 4.78 is 30.3. The fourth-order valence-electron chi connectivity index (χ4n) is 2.65. The Hall–Kier alpha value is -2.14. The molecule has 1 aliphatic rings. The smallest absolute Gasteiger partial charge is 0.410 e. The van der Waals surface area contributed by atoms with Crippen LogP contribution in [-0.4, -0.2) is 48.8 Å². The van der Waals surface area contributed by atoms with E-state index >= 15 is 0 Å². The molecule has 1 saturated heterocycles. The van der Waals surface area contributed by atoms with Gasteiger partial charge in [0.1, 0.15) is 5.60 Å². The number of amides is 1. The first-order valence-corrected chi connectivity index (χ1v) is 9.83. The predicted octanol–water partition coefficient (Wildman–Crippen LogP) is 2.37. The molecule has 0 unspecified atom stereocenters. The summed E-state index contributed by atoms with van der Waals surface area (Å²) in [6.07, 6.45) is 2.15. The van der Waals surface area contributed by atoms with Crippen LogP contribution in [-0.2, 0) is 14.6 Å². The van der Waals surface area contributed by atoms with Crippen LogP contribution >= 0.6 is 0 Å². The Morgan fingerprint density at radius 3 is 2.60 bits per heavy atom. The second-order valence-electron chi connectivity index (χ2n) is 7.19. The number of pyridine rings is 1. The molecule has 0 aliphatic carbocycles. The number of sulfone groups is 1. The molecule has 0 bridgehead atoms.